The number of hydrogen-bond donors (Lipinski definition) is 1. The van der Waals surface area contributed by atoms with E-state index in [2.05, 4.69) is 142 Å². The van der Waals surface area contributed by atoms with Crippen molar-refractivity contribution < 1.29 is 146 Å². The summed E-state index contributed by atoms with van der Waals surface area (Å²) < 4.78 is 27.2. The Bertz CT molecular complexity index is 3450. The molecule has 0 unspecified atom stereocenters. The third-order valence-corrected chi connectivity index (χ3v) is 17.5. The molecular weight excluding hydrogens is 1420 g/mol. The van der Waals surface area contributed by atoms with E-state index in [0.717, 1.165) is 42.9 Å². The molecule has 0 bridgehead atoms. The molecule has 4 aliphatic carbocycles. The average Bonchev–Trinajstić information content (AvgIpc) is 0.840. The first-order valence-corrected chi connectivity index (χ1v) is 34.5. The van der Waals surface area contributed by atoms with Crippen LogP contribution in [0.5, 0.6) is 0 Å². The van der Waals surface area contributed by atoms with E-state index in [4.69, 9.17) is 5.11 Å². The molecule has 0 atom stereocenters. The van der Waals surface area contributed by atoms with Crippen molar-refractivity contribution in [3.05, 3.63) is 221 Å². The predicted molar refractivity (Wildman–Crippen MR) is 423 cm³/mol. The largest absolute Gasteiger partial charge is 2.00 e. The van der Waals surface area contributed by atoms with Crippen LogP contribution < -0.4 is 63.8 Å². The second-order valence-corrected chi connectivity index (χ2v) is 28.0. The third kappa shape index (κ3) is 44.6. The van der Waals surface area contributed by atoms with E-state index in [1.807, 2.05) is 58.3 Å². The average molecular weight is 1540 g/mol. The van der Waals surface area contributed by atoms with Gasteiger partial charge >= 0.3 is 116 Å². The summed E-state index contributed by atoms with van der Waals surface area (Å²) in [5.41, 5.74) is 13.9. The van der Waals surface area contributed by atoms with E-state index in [1.54, 1.807) is 54.5 Å². The Morgan fingerprint density at radius 2 is 0.860 bits per heavy atom. The summed E-state index contributed by atoms with van der Waals surface area (Å²) in [5.74, 6) is -7.29. The molecule has 21 heteroatoms. The zero-order chi connectivity index (χ0) is 78.0. The third-order valence-electron chi connectivity index (χ3n) is 17.5. The van der Waals surface area contributed by atoms with E-state index < -0.39 is 53.6 Å². The first kappa shape index (κ1) is 111. The minimum absolute atomic E-state index is 0. The number of hydrogen-bond acceptors (Lipinski definition) is 17. The number of rotatable bonds is 24. The molecule has 584 valence electrons. The molecular formula is C86H123ClKMgNO17. The van der Waals surface area contributed by atoms with E-state index in [1.165, 1.54) is 175 Å². The van der Waals surface area contributed by atoms with Gasteiger partial charge in [0.2, 0.25) is 0 Å². The number of carboxylic acid groups (broad SMARTS) is 1. The summed E-state index contributed by atoms with van der Waals surface area (Å²) in [6.45, 7) is 32.4. The van der Waals surface area contributed by atoms with Gasteiger partial charge in [-0.2, -0.15) is 0 Å². The standard InChI is InChI=1S/C22H30O4.C21H28O5.C19H26O2.C13H20O.C10H15NO4.CH3.ClH.K.Mg.H2O/c1-16(13-14-19-17(2)11-9-15-22(19,3)4)10-7-8-12-18(20(23)25-5)21(24)26-6;1-15-9-8-14-21(2,3)18(15)13-12-16(22)10-6-7-11-17(19(23)25-4)20(24)26-5;1-15(9-6-5-7-11-18(20)21)12-13-17-16(2)10-8-14-19(17,3)4;1-10-6-5-9-13(3,4)12(10)8-7-11(2)14;1-11(2)7-5-6-8(9(12)14-3)10(13)15-4;;;;;/h7-8,10-14,18H,9,15H2,1-6H3;6-7,10-13,17H,8-9,14H2,1-5H3;5-7,9,11-13H,8,10,14H2,1-4H3,(H,20,21);7-8H,5-6,9H2,1-4H3;5-7H,1-4H3;1H3;1H;;;1H2/q;;;;;-1;;+1;+2;/p-2/b10-7+,12-8+,16-13+,19-14-;10-6+,11-7+,13-12+;6-5+,11-7+,13-12+,15-9+;8-7+;7-5+;;;;;. The van der Waals surface area contributed by atoms with E-state index >= 15 is 0 Å². The van der Waals surface area contributed by atoms with Gasteiger partial charge in [0.05, 0.1) is 42.7 Å². The maximum Gasteiger partial charge on any atom is 2.00 e. The zero-order valence-electron chi connectivity index (χ0n) is 68.9. The van der Waals surface area contributed by atoms with Crippen LogP contribution in [0.3, 0.4) is 0 Å². The number of ether oxygens (including phenoxy) is 6. The molecule has 107 heavy (non-hydrogen) atoms. The fourth-order valence-corrected chi connectivity index (χ4v) is 11.7. The molecule has 0 heterocycles. The minimum Gasteiger partial charge on any atom is -1.00 e. The molecule has 4 aliphatic rings. The van der Waals surface area contributed by atoms with Crippen LogP contribution in [0, 0.1) is 40.9 Å². The molecule has 18 nitrogen and oxygen atoms in total. The first-order chi connectivity index (χ1) is 47.7. The van der Waals surface area contributed by atoms with Gasteiger partial charge in [0.25, 0.3) is 0 Å². The van der Waals surface area contributed by atoms with Crippen LogP contribution >= 0.6 is 0 Å². The van der Waals surface area contributed by atoms with Crippen molar-refractivity contribution in [2.24, 2.45) is 33.5 Å². The molecule has 4 rings (SSSR count). The Morgan fingerprint density at radius 3 is 1.22 bits per heavy atom. The number of halogens is 1. The fraction of sp³-hybridized carbons (Fsp3) is 0.465. The quantitative estimate of drug-likeness (QED) is 0.0138. The molecule has 0 saturated heterocycles. The SMILES string of the molecule is CC(=O)/C=C/C1=C(C)CCCC1(C)C.CC1=C(/C=C/C(C)=C/C=C/C=C/C(=O)O)C(C)(C)CCC1.COC(=O)C(/C=C/C=C/C(=O)/C=C/C1=C(C)CCCC1(C)C)C(=O)OC.COC(=O)C(/C=C/C=C/C(C)=C/C=C1/C(C)=CCCC1(C)C)C(=O)OC.COC(=O)C(=C/C=C/N(C)C)C(=O)OC.[CH3-].[Cl-].[K+].[Mg+2].[OH-]. The van der Waals surface area contributed by atoms with Crippen LogP contribution in [0.4, 0.5) is 0 Å². The Hall–Kier alpha value is -6.60. The number of aliphatic carboxylic acids is 1. The zero-order valence-corrected chi connectivity index (χ0v) is 74.2. The van der Waals surface area contributed by atoms with Crippen LogP contribution in [0.1, 0.15) is 174 Å². The van der Waals surface area contributed by atoms with Crippen LogP contribution in [-0.2, 0) is 71.6 Å². The smallest absolute Gasteiger partial charge is 1.00 e. The summed E-state index contributed by atoms with van der Waals surface area (Å²) in [6, 6.07) is 0. The molecule has 0 fully saturated rings. The molecule has 0 radical (unpaired) electrons. The summed E-state index contributed by atoms with van der Waals surface area (Å²) >= 11 is 0. The number of carbonyl (C=O) groups excluding carboxylic acids is 8. The summed E-state index contributed by atoms with van der Waals surface area (Å²) in [6.07, 6.45) is 56.4. The maximum atomic E-state index is 12.0. The second kappa shape index (κ2) is 58.4. The van der Waals surface area contributed by atoms with Crippen LogP contribution in [0.25, 0.3) is 0 Å². The maximum absolute atomic E-state index is 12.0. The van der Waals surface area contributed by atoms with Crippen LogP contribution in [-0.4, -0.2) is 149 Å². The van der Waals surface area contributed by atoms with Crippen molar-refractivity contribution in [3.63, 3.8) is 0 Å². The predicted octanol–water partition coefficient (Wildman–Crippen LogP) is 11.5. The van der Waals surface area contributed by atoms with Gasteiger partial charge in [-0.15, -0.1) is 0 Å². The summed E-state index contributed by atoms with van der Waals surface area (Å²) in [5, 5.41) is 8.47. The van der Waals surface area contributed by atoms with E-state index in [0.29, 0.717) is 0 Å². The summed E-state index contributed by atoms with van der Waals surface area (Å²) in [7, 11) is 10.9. The Morgan fingerprint density at radius 1 is 0.477 bits per heavy atom. The Balaban J connectivity index is -0.000000300. The second-order valence-electron chi connectivity index (χ2n) is 28.0. The number of carboxylic acids is 1. The summed E-state index contributed by atoms with van der Waals surface area (Å²) in [4.78, 5) is 104. The topological polar surface area (TPSA) is 262 Å². The van der Waals surface area contributed by atoms with Gasteiger partial charge in [-0.3, -0.25) is 28.8 Å². The molecule has 0 aromatic heterocycles. The van der Waals surface area contributed by atoms with Gasteiger partial charge in [-0.05, 0) is 200 Å². The van der Waals surface area contributed by atoms with Crippen molar-refractivity contribution in [1.82, 2.24) is 4.90 Å². The number of ketones is 2. The van der Waals surface area contributed by atoms with E-state index in [-0.39, 0.29) is 139 Å². The molecule has 0 saturated carbocycles. The molecule has 0 aliphatic heterocycles. The van der Waals surface area contributed by atoms with E-state index in [9.17, 15) is 43.2 Å². The number of methoxy groups -OCH3 is 6. The van der Waals surface area contributed by atoms with Crippen LogP contribution in [0.2, 0.25) is 0 Å². The van der Waals surface area contributed by atoms with Gasteiger partial charge in [0.1, 0.15) is 5.57 Å². The monoisotopic (exact) mass is 1540 g/mol. The van der Waals surface area contributed by atoms with Crippen molar-refractivity contribution in [2.75, 3.05) is 56.8 Å². The van der Waals surface area contributed by atoms with Crippen molar-refractivity contribution in [2.45, 2.75) is 174 Å². The number of esters is 6. The van der Waals surface area contributed by atoms with Gasteiger partial charge in [-0.1, -0.05) is 198 Å². The van der Waals surface area contributed by atoms with Gasteiger partial charge < -0.3 is 63.7 Å². The van der Waals surface area contributed by atoms with Gasteiger partial charge in [0.15, 0.2) is 23.4 Å². The molecule has 0 aromatic rings. The van der Waals surface area contributed by atoms with Crippen molar-refractivity contribution in [3.8, 4) is 0 Å². The molecule has 0 amide bonds. The van der Waals surface area contributed by atoms with Gasteiger partial charge in [-0.25, -0.2) is 14.4 Å². The minimum atomic E-state index is -1.14. The number of nitrogens with zero attached hydrogens (tertiary/aromatic N) is 1. The molecule has 0 spiro atoms. The van der Waals surface area contributed by atoms with Gasteiger partial charge in [0, 0.05) is 20.2 Å². The van der Waals surface area contributed by atoms with Crippen LogP contribution in [0.15, 0.2) is 213 Å². The number of allylic oxidation sites excluding steroid dienone is 31. The Kier molecular flexibility index (Phi) is 60.7. The fourth-order valence-electron chi connectivity index (χ4n) is 11.7. The van der Waals surface area contributed by atoms with Crippen molar-refractivity contribution in [1.29, 1.82) is 0 Å². The van der Waals surface area contributed by atoms with Crippen molar-refractivity contribution >= 4 is 76.4 Å². The Labute approximate surface area is 706 Å². The molecule has 2 N–H and O–H groups in total. The number of carbonyl (C=O) groups is 9. The normalized spacial score (nSPS) is 17.1. The molecule has 0 aromatic carbocycles. The first-order valence-electron chi connectivity index (χ1n) is 34.5.